The summed E-state index contributed by atoms with van der Waals surface area (Å²) in [6, 6.07) is 5.52. The van der Waals surface area contributed by atoms with E-state index in [1.807, 2.05) is 39.0 Å². The number of amides is 1. The van der Waals surface area contributed by atoms with Crippen molar-refractivity contribution in [2.45, 2.75) is 39.0 Å². The topological polar surface area (TPSA) is 90.0 Å². The molecule has 1 aliphatic heterocycles. The van der Waals surface area contributed by atoms with Gasteiger partial charge in [-0.2, -0.15) is 0 Å². The first-order chi connectivity index (χ1) is 12.4. The summed E-state index contributed by atoms with van der Waals surface area (Å²) < 4.78 is 21.6. The lowest BCUT2D eigenvalue weighted by molar-refractivity contribution is -0.0318. The summed E-state index contributed by atoms with van der Waals surface area (Å²) in [5.41, 5.74) is 0.319. The molecule has 0 unspecified atom stereocenters. The Hall–Kier alpha value is -2.32. The van der Waals surface area contributed by atoms with Gasteiger partial charge in [0.1, 0.15) is 5.60 Å². The second-order valence-corrected chi connectivity index (χ2v) is 7.27. The zero-order valence-corrected chi connectivity index (χ0v) is 15.4. The van der Waals surface area contributed by atoms with Crippen molar-refractivity contribution in [3.63, 3.8) is 0 Å². The fourth-order valence-electron chi connectivity index (χ4n) is 2.71. The molecule has 0 spiro atoms. The number of ether oxygens (including phenoxy) is 2. The maximum Gasteiger partial charge on any atom is 0.407 e. The summed E-state index contributed by atoms with van der Waals surface area (Å²) in [5, 5.41) is 6.86. The zero-order chi connectivity index (χ0) is 18.6. The number of carbonyl (C=O) groups excluding carboxylic acids is 1. The number of alkyl carbamates (subject to hydrolysis) is 1. The summed E-state index contributed by atoms with van der Waals surface area (Å²) in [6.45, 7) is 8.65. The minimum Gasteiger partial charge on any atom is -0.461 e. The van der Waals surface area contributed by atoms with Crippen LogP contribution < -0.4 is 5.32 Å². The lowest BCUT2D eigenvalue weighted by atomic mass is 10.2. The number of hydrogen-bond acceptors (Lipinski definition) is 7. The van der Waals surface area contributed by atoms with Crippen LogP contribution in [0.3, 0.4) is 0 Å². The van der Waals surface area contributed by atoms with E-state index in [0.717, 1.165) is 12.2 Å². The molecule has 1 atom stereocenters. The molecule has 1 fully saturated rings. The molecule has 1 amide bonds. The van der Waals surface area contributed by atoms with Crippen LogP contribution in [0.1, 0.15) is 26.5 Å². The predicted octanol–water partition coefficient (Wildman–Crippen LogP) is 2.66. The van der Waals surface area contributed by atoms with E-state index in [-0.39, 0.29) is 6.10 Å². The van der Waals surface area contributed by atoms with Crippen LogP contribution in [0.15, 0.2) is 33.4 Å². The Morgan fingerprint density at radius 1 is 1.42 bits per heavy atom. The smallest absolute Gasteiger partial charge is 0.407 e. The van der Waals surface area contributed by atoms with Crippen molar-refractivity contribution in [2.24, 2.45) is 0 Å². The second kappa shape index (κ2) is 7.92. The van der Waals surface area contributed by atoms with Crippen molar-refractivity contribution in [3.8, 4) is 11.5 Å². The molecule has 3 heterocycles. The van der Waals surface area contributed by atoms with Gasteiger partial charge >= 0.3 is 6.09 Å². The number of carbonyl (C=O) groups is 1. The van der Waals surface area contributed by atoms with Crippen LogP contribution in [0.5, 0.6) is 0 Å². The number of nitrogens with zero attached hydrogens (tertiary/aromatic N) is 2. The quantitative estimate of drug-likeness (QED) is 0.873. The Bertz CT molecular complexity index is 705. The number of furan rings is 1. The van der Waals surface area contributed by atoms with E-state index in [9.17, 15) is 4.79 Å². The normalized spacial score (nSPS) is 18.7. The Labute approximate surface area is 152 Å². The SMILES string of the molecule is CC(C)(C)OC(=O)NC[C@H]1CN(Cc2cc(-c3ccco3)on2)CCO1. The largest absolute Gasteiger partial charge is 0.461 e. The van der Waals surface area contributed by atoms with Gasteiger partial charge in [0.15, 0.2) is 5.76 Å². The van der Waals surface area contributed by atoms with E-state index in [1.54, 1.807) is 6.26 Å². The highest BCUT2D eigenvalue weighted by atomic mass is 16.6. The maximum atomic E-state index is 11.8. The Morgan fingerprint density at radius 2 is 2.27 bits per heavy atom. The molecule has 1 N–H and O–H groups in total. The van der Waals surface area contributed by atoms with Crippen LogP contribution in [-0.4, -0.2) is 54.1 Å². The average molecular weight is 363 g/mol. The number of morpholine rings is 1. The highest BCUT2D eigenvalue weighted by Gasteiger charge is 2.23. The van der Waals surface area contributed by atoms with Gasteiger partial charge < -0.3 is 23.7 Å². The Kier molecular flexibility index (Phi) is 5.63. The highest BCUT2D eigenvalue weighted by Crippen LogP contribution is 2.21. The summed E-state index contributed by atoms with van der Waals surface area (Å²) in [6.07, 6.45) is 1.08. The van der Waals surface area contributed by atoms with E-state index in [0.29, 0.717) is 37.8 Å². The second-order valence-electron chi connectivity index (χ2n) is 7.27. The molecule has 2 aromatic rings. The van der Waals surface area contributed by atoms with Gasteiger partial charge in [-0.05, 0) is 32.9 Å². The first-order valence-corrected chi connectivity index (χ1v) is 8.69. The Morgan fingerprint density at radius 3 is 3.00 bits per heavy atom. The molecular formula is C18H25N3O5. The summed E-state index contributed by atoms with van der Waals surface area (Å²) in [4.78, 5) is 14.0. The van der Waals surface area contributed by atoms with Crippen molar-refractivity contribution < 1.29 is 23.2 Å². The van der Waals surface area contributed by atoms with Crippen molar-refractivity contribution >= 4 is 6.09 Å². The molecule has 0 aromatic carbocycles. The molecule has 3 rings (SSSR count). The molecule has 8 heteroatoms. The third kappa shape index (κ3) is 5.34. The molecule has 2 aromatic heterocycles. The summed E-state index contributed by atoms with van der Waals surface area (Å²) >= 11 is 0. The average Bonchev–Trinajstić information content (AvgIpc) is 3.23. The van der Waals surface area contributed by atoms with Gasteiger partial charge in [0.25, 0.3) is 0 Å². The highest BCUT2D eigenvalue weighted by molar-refractivity contribution is 5.67. The monoisotopic (exact) mass is 363 g/mol. The molecule has 0 bridgehead atoms. The molecule has 0 aliphatic carbocycles. The summed E-state index contributed by atoms with van der Waals surface area (Å²) in [7, 11) is 0. The van der Waals surface area contributed by atoms with Crippen LogP contribution in [-0.2, 0) is 16.0 Å². The van der Waals surface area contributed by atoms with Gasteiger partial charge in [0.05, 0.1) is 24.7 Å². The van der Waals surface area contributed by atoms with E-state index in [4.69, 9.17) is 18.4 Å². The van der Waals surface area contributed by atoms with E-state index >= 15 is 0 Å². The third-order valence-corrected chi connectivity index (χ3v) is 3.80. The number of hydrogen-bond donors (Lipinski definition) is 1. The van der Waals surface area contributed by atoms with E-state index < -0.39 is 11.7 Å². The van der Waals surface area contributed by atoms with E-state index in [2.05, 4.69) is 15.4 Å². The van der Waals surface area contributed by atoms with Crippen LogP contribution >= 0.6 is 0 Å². The maximum absolute atomic E-state index is 11.8. The molecule has 0 radical (unpaired) electrons. The third-order valence-electron chi connectivity index (χ3n) is 3.80. The molecular weight excluding hydrogens is 338 g/mol. The van der Waals surface area contributed by atoms with Crippen molar-refractivity contribution in [2.75, 3.05) is 26.2 Å². The fraction of sp³-hybridized carbons (Fsp3) is 0.556. The Balaban J connectivity index is 1.47. The first kappa shape index (κ1) is 18.5. The number of nitrogens with one attached hydrogen (secondary N) is 1. The van der Waals surface area contributed by atoms with Crippen molar-refractivity contribution in [1.82, 2.24) is 15.4 Å². The van der Waals surface area contributed by atoms with Gasteiger partial charge in [-0.25, -0.2) is 4.79 Å². The fourth-order valence-corrected chi connectivity index (χ4v) is 2.71. The lowest BCUT2D eigenvalue weighted by Gasteiger charge is -2.32. The van der Waals surface area contributed by atoms with Crippen LogP contribution in [0.4, 0.5) is 4.79 Å². The van der Waals surface area contributed by atoms with Gasteiger partial charge in [-0.3, -0.25) is 4.90 Å². The zero-order valence-electron chi connectivity index (χ0n) is 15.4. The molecule has 1 aliphatic rings. The lowest BCUT2D eigenvalue weighted by Crippen LogP contribution is -2.47. The van der Waals surface area contributed by atoms with E-state index in [1.165, 1.54) is 0 Å². The van der Waals surface area contributed by atoms with Gasteiger partial charge in [-0.1, -0.05) is 5.16 Å². The minimum absolute atomic E-state index is 0.0901. The minimum atomic E-state index is -0.512. The van der Waals surface area contributed by atoms with Crippen LogP contribution in [0.25, 0.3) is 11.5 Å². The van der Waals surface area contributed by atoms with Crippen LogP contribution in [0, 0.1) is 0 Å². The summed E-state index contributed by atoms with van der Waals surface area (Å²) in [5.74, 6) is 1.27. The van der Waals surface area contributed by atoms with Gasteiger partial charge in [0, 0.05) is 32.2 Å². The standard InChI is InChI=1S/C18H25N3O5/c1-18(2,3)25-17(22)19-10-14-12-21(6-8-23-14)11-13-9-16(26-20-13)15-5-4-7-24-15/h4-5,7,9,14H,6,8,10-12H2,1-3H3,(H,19,22)/t14-/m0/s1. The number of rotatable bonds is 5. The molecule has 8 nitrogen and oxygen atoms in total. The van der Waals surface area contributed by atoms with Gasteiger partial charge in [-0.15, -0.1) is 0 Å². The van der Waals surface area contributed by atoms with Crippen molar-refractivity contribution in [1.29, 1.82) is 0 Å². The van der Waals surface area contributed by atoms with Crippen LogP contribution in [0.2, 0.25) is 0 Å². The molecule has 26 heavy (non-hydrogen) atoms. The molecule has 1 saturated heterocycles. The predicted molar refractivity (Wildman–Crippen MR) is 93.5 cm³/mol. The first-order valence-electron chi connectivity index (χ1n) is 8.69. The number of aromatic nitrogens is 1. The molecule has 0 saturated carbocycles. The van der Waals surface area contributed by atoms with Gasteiger partial charge in [0.2, 0.25) is 5.76 Å². The molecule has 142 valence electrons. The van der Waals surface area contributed by atoms with Crippen molar-refractivity contribution in [3.05, 3.63) is 30.2 Å².